The summed E-state index contributed by atoms with van der Waals surface area (Å²) in [7, 11) is 0. The van der Waals surface area contributed by atoms with Crippen molar-refractivity contribution in [2.45, 2.75) is 58.5 Å². The summed E-state index contributed by atoms with van der Waals surface area (Å²) in [4.78, 5) is 35.0. The standard InChI is InChI=1S/C26H30ClN7O2/c1-4-36-26(35)19-14-5-7-15(8-6-14)20(19)31-22-16-9-10-34(13(2)3)25(16)33-23(32-22)17-11-28-24-21(17)30-18(27)12-29-24/h9-15,19-20H,4-8H2,1-3H3,(H,28,29)(H,31,32,33)/t14?,15?,19-,20-/m0/s1. The number of fused-ring (bicyclic) bond motifs is 5. The number of esters is 1. The number of ether oxygens (including phenoxy) is 1. The van der Waals surface area contributed by atoms with Crippen molar-refractivity contribution in [3.8, 4) is 11.4 Å². The van der Waals surface area contributed by atoms with Gasteiger partial charge >= 0.3 is 5.97 Å². The molecule has 0 aliphatic heterocycles. The summed E-state index contributed by atoms with van der Waals surface area (Å²) in [6.45, 7) is 6.51. The third-order valence-corrected chi connectivity index (χ3v) is 7.98. The van der Waals surface area contributed by atoms with Gasteiger partial charge in [0.1, 0.15) is 22.1 Å². The van der Waals surface area contributed by atoms with Crippen LogP contribution in [0, 0.1) is 17.8 Å². The monoisotopic (exact) mass is 507 g/mol. The highest BCUT2D eigenvalue weighted by atomic mass is 35.5. The van der Waals surface area contributed by atoms with Crippen LogP contribution in [0.15, 0.2) is 24.7 Å². The number of nitrogens with zero attached hydrogens (tertiary/aromatic N) is 5. The summed E-state index contributed by atoms with van der Waals surface area (Å²) in [6, 6.07) is 2.24. The average molecular weight is 508 g/mol. The zero-order valence-corrected chi connectivity index (χ0v) is 21.4. The van der Waals surface area contributed by atoms with Gasteiger partial charge in [-0.05, 0) is 64.4 Å². The van der Waals surface area contributed by atoms with Crippen molar-refractivity contribution in [2.24, 2.45) is 17.8 Å². The Labute approximate surface area is 214 Å². The Morgan fingerprint density at radius 2 is 2.00 bits per heavy atom. The molecule has 4 heterocycles. The largest absolute Gasteiger partial charge is 0.466 e. The maximum Gasteiger partial charge on any atom is 0.311 e. The van der Waals surface area contributed by atoms with Gasteiger partial charge in [-0.15, -0.1) is 0 Å². The lowest BCUT2D eigenvalue weighted by molar-refractivity contribution is -0.154. The second-order valence-electron chi connectivity index (χ2n) is 10.2. The highest BCUT2D eigenvalue weighted by Crippen LogP contribution is 2.47. The highest BCUT2D eigenvalue weighted by Gasteiger charge is 2.48. The second kappa shape index (κ2) is 9.03. The third-order valence-electron chi connectivity index (χ3n) is 7.80. The Balaban J connectivity index is 1.48. The molecule has 4 aromatic rings. The molecule has 2 atom stereocenters. The van der Waals surface area contributed by atoms with E-state index in [-0.39, 0.29) is 24.0 Å². The summed E-state index contributed by atoms with van der Waals surface area (Å²) >= 11 is 6.16. The number of hydrogen-bond donors (Lipinski definition) is 2. The minimum absolute atomic E-state index is 0.0258. The SMILES string of the molecule is CCOC(=O)[C@H]1C2CCC(CC2)[C@@H]1Nc1nc(-c2c[nH]c3ncc(Cl)nc23)nc2c1ccn2C(C)C. The number of aromatic amines is 1. The van der Waals surface area contributed by atoms with Crippen LogP contribution in [0.3, 0.4) is 0 Å². The summed E-state index contributed by atoms with van der Waals surface area (Å²) in [5, 5.41) is 4.96. The molecule has 0 amide bonds. The van der Waals surface area contributed by atoms with E-state index in [0.29, 0.717) is 40.6 Å². The normalized spacial score (nSPS) is 23.6. The van der Waals surface area contributed by atoms with Gasteiger partial charge in [-0.1, -0.05) is 11.6 Å². The summed E-state index contributed by atoms with van der Waals surface area (Å²) in [5.74, 6) is 1.73. The second-order valence-corrected chi connectivity index (χ2v) is 10.6. The lowest BCUT2D eigenvalue weighted by Crippen LogP contribution is -2.52. The number of halogens is 1. The number of H-pyrrole nitrogens is 1. The summed E-state index contributed by atoms with van der Waals surface area (Å²) < 4.78 is 7.65. The van der Waals surface area contributed by atoms with Crippen LogP contribution in [0.5, 0.6) is 0 Å². The van der Waals surface area contributed by atoms with Gasteiger partial charge in [0.2, 0.25) is 0 Å². The quantitative estimate of drug-likeness (QED) is 0.337. The number of hydrogen-bond acceptors (Lipinski definition) is 7. The van der Waals surface area contributed by atoms with Crippen LogP contribution < -0.4 is 5.32 Å². The minimum Gasteiger partial charge on any atom is -0.466 e. The van der Waals surface area contributed by atoms with E-state index in [1.54, 1.807) is 0 Å². The van der Waals surface area contributed by atoms with Gasteiger partial charge in [0, 0.05) is 24.5 Å². The molecule has 0 unspecified atom stereocenters. The van der Waals surface area contributed by atoms with E-state index in [1.807, 2.05) is 25.4 Å². The van der Waals surface area contributed by atoms with E-state index in [2.05, 4.69) is 38.7 Å². The predicted octanol–water partition coefficient (Wildman–Crippen LogP) is 5.38. The van der Waals surface area contributed by atoms with Gasteiger partial charge in [0.15, 0.2) is 11.5 Å². The van der Waals surface area contributed by atoms with Gasteiger partial charge in [-0.2, -0.15) is 0 Å². The lowest BCUT2D eigenvalue weighted by atomic mass is 9.61. The molecule has 7 rings (SSSR count). The molecule has 0 radical (unpaired) electrons. The van der Waals surface area contributed by atoms with Crippen molar-refractivity contribution in [1.82, 2.24) is 29.5 Å². The van der Waals surface area contributed by atoms with Crippen LogP contribution in [-0.2, 0) is 9.53 Å². The van der Waals surface area contributed by atoms with Crippen LogP contribution >= 0.6 is 11.6 Å². The van der Waals surface area contributed by atoms with E-state index >= 15 is 0 Å². The Morgan fingerprint density at radius 1 is 1.22 bits per heavy atom. The van der Waals surface area contributed by atoms with Crippen LogP contribution in [0.4, 0.5) is 5.82 Å². The number of nitrogens with one attached hydrogen (secondary N) is 2. The Kier molecular flexibility index (Phi) is 5.82. The van der Waals surface area contributed by atoms with Crippen LogP contribution in [-0.4, -0.2) is 48.1 Å². The lowest BCUT2D eigenvalue weighted by Gasteiger charge is -2.47. The Morgan fingerprint density at radius 3 is 2.75 bits per heavy atom. The Bertz CT molecular complexity index is 1440. The number of carbonyl (C=O) groups is 1. The van der Waals surface area contributed by atoms with Crippen molar-refractivity contribution >= 4 is 45.6 Å². The van der Waals surface area contributed by atoms with E-state index < -0.39 is 0 Å². The van der Waals surface area contributed by atoms with Crippen molar-refractivity contribution in [3.05, 3.63) is 29.8 Å². The van der Waals surface area contributed by atoms with Crippen LogP contribution in [0.1, 0.15) is 52.5 Å². The maximum atomic E-state index is 13.0. The zero-order chi connectivity index (χ0) is 25.0. The molecule has 9 nitrogen and oxygen atoms in total. The van der Waals surface area contributed by atoms with Gasteiger partial charge in [-0.25, -0.2) is 19.9 Å². The van der Waals surface area contributed by atoms with Crippen LogP contribution in [0.25, 0.3) is 33.6 Å². The molecular weight excluding hydrogens is 478 g/mol. The van der Waals surface area contributed by atoms with Gasteiger partial charge in [-0.3, -0.25) is 4.79 Å². The maximum absolute atomic E-state index is 13.0. The van der Waals surface area contributed by atoms with Gasteiger partial charge < -0.3 is 19.6 Å². The summed E-state index contributed by atoms with van der Waals surface area (Å²) in [5.41, 5.74) is 2.81. The molecule has 0 saturated heterocycles. The summed E-state index contributed by atoms with van der Waals surface area (Å²) in [6.07, 6.45) is 9.76. The molecule has 0 spiro atoms. The van der Waals surface area contributed by atoms with Crippen molar-refractivity contribution in [3.63, 3.8) is 0 Å². The molecule has 10 heteroatoms. The number of aromatic nitrogens is 6. The van der Waals surface area contributed by atoms with Crippen LogP contribution in [0.2, 0.25) is 5.15 Å². The average Bonchev–Trinajstić information content (AvgIpc) is 3.49. The smallest absolute Gasteiger partial charge is 0.311 e. The Hall–Kier alpha value is -3.20. The van der Waals surface area contributed by atoms with Crippen molar-refractivity contribution in [1.29, 1.82) is 0 Å². The molecule has 2 bridgehead atoms. The highest BCUT2D eigenvalue weighted by molar-refractivity contribution is 6.29. The molecule has 3 fully saturated rings. The number of anilines is 1. The predicted molar refractivity (Wildman–Crippen MR) is 139 cm³/mol. The van der Waals surface area contributed by atoms with E-state index in [4.69, 9.17) is 26.3 Å². The molecule has 36 heavy (non-hydrogen) atoms. The van der Waals surface area contributed by atoms with Crippen molar-refractivity contribution < 1.29 is 9.53 Å². The topological polar surface area (TPSA) is 111 Å². The minimum atomic E-state index is -0.170. The van der Waals surface area contributed by atoms with Crippen molar-refractivity contribution in [2.75, 3.05) is 11.9 Å². The molecule has 188 valence electrons. The van der Waals surface area contributed by atoms with E-state index in [9.17, 15) is 4.79 Å². The van der Waals surface area contributed by atoms with Gasteiger partial charge in [0.05, 0.1) is 29.7 Å². The fourth-order valence-corrected chi connectivity index (χ4v) is 6.25. The first-order chi connectivity index (χ1) is 17.4. The molecule has 4 aromatic heterocycles. The third kappa shape index (κ3) is 3.80. The number of rotatable bonds is 6. The van der Waals surface area contributed by atoms with E-state index in [0.717, 1.165) is 48.1 Å². The molecule has 0 aromatic carbocycles. The zero-order valence-electron chi connectivity index (χ0n) is 20.7. The molecular formula is C26H30ClN7O2. The first-order valence-electron chi connectivity index (χ1n) is 12.8. The molecule has 3 aliphatic rings. The fourth-order valence-electron chi connectivity index (χ4n) is 6.11. The first kappa shape index (κ1) is 23.2. The fraction of sp³-hybridized carbons (Fsp3) is 0.500. The first-order valence-corrected chi connectivity index (χ1v) is 13.1. The van der Waals surface area contributed by atoms with Gasteiger partial charge in [0.25, 0.3) is 0 Å². The molecule has 2 N–H and O–H groups in total. The molecule has 3 aliphatic carbocycles. The molecule has 3 saturated carbocycles. The number of carbonyl (C=O) groups excluding carboxylic acids is 1. The van der Waals surface area contributed by atoms with E-state index in [1.165, 1.54) is 6.20 Å².